The summed E-state index contributed by atoms with van der Waals surface area (Å²) in [5.41, 5.74) is 9.26. The Morgan fingerprint density at radius 1 is 0.897 bits per heavy atom. The van der Waals surface area contributed by atoms with Crippen LogP contribution in [0.25, 0.3) is 11.5 Å². The second-order valence-electron chi connectivity index (χ2n) is 6.21. The molecule has 2 aromatic heterocycles. The predicted octanol–water partition coefficient (Wildman–Crippen LogP) is 3.57. The molecule has 6 heteroatoms. The molecule has 0 saturated heterocycles. The first-order valence-electron chi connectivity index (χ1n) is 9.07. The third-order valence-corrected chi connectivity index (χ3v) is 4.17. The van der Waals surface area contributed by atoms with E-state index in [9.17, 15) is 0 Å². The summed E-state index contributed by atoms with van der Waals surface area (Å²) >= 11 is 0. The minimum atomic E-state index is 0.232. The molecule has 0 radical (unpaired) electrons. The molecule has 0 aliphatic carbocycles. The Bertz CT molecular complexity index is 1140. The predicted molar refractivity (Wildman–Crippen MR) is 109 cm³/mol. The lowest BCUT2D eigenvalue weighted by molar-refractivity contribution is 0.306. The Morgan fingerprint density at radius 2 is 1.72 bits per heavy atom. The van der Waals surface area contributed by atoms with Crippen LogP contribution in [0.2, 0.25) is 0 Å². The molecule has 0 saturated carbocycles. The molecule has 0 spiro atoms. The Hall–Kier alpha value is -3.95. The Labute approximate surface area is 168 Å². The summed E-state index contributed by atoms with van der Waals surface area (Å²) in [6.45, 7) is 0.941. The molecule has 4 aromatic rings. The molecule has 29 heavy (non-hydrogen) atoms. The zero-order valence-electron chi connectivity index (χ0n) is 15.6. The number of hydrogen-bond acceptors (Lipinski definition) is 6. The van der Waals surface area contributed by atoms with Crippen LogP contribution in [-0.4, -0.2) is 15.2 Å². The number of pyridine rings is 1. The number of ether oxygens (including phenoxy) is 1. The molecule has 2 heterocycles. The van der Waals surface area contributed by atoms with E-state index >= 15 is 0 Å². The van der Waals surface area contributed by atoms with Gasteiger partial charge in [-0.1, -0.05) is 47.4 Å². The summed E-state index contributed by atoms with van der Waals surface area (Å²) in [6, 6.07) is 19.2. The highest BCUT2D eigenvalue weighted by atomic mass is 16.5. The second kappa shape index (κ2) is 8.83. The zero-order chi connectivity index (χ0) is 19.9. The van der Waals surface area contributed by atoms with Crippen molar-refractivity contribution in [3.8, 4) is 29.0 Å². The minimum absolute atomic E-state index is 0.232. The molecule has 0 aliphatic heterocycles. The normalized spacial score (nSPS) is 10.2. The van der Waals surface area contributed by atoms with Gasteiger partial charge in [0.05, 0.1) is 5.56 Å². The molecule has 0 bridgehead atoms. The SMILES string of the molecule is NCc1ccc(COc2ccccc2-c2nnc(C#Cc3cccnc3)o2)cc1. The van der Waals surface area contributed by atoms with Gasteiger partial charge in [0, 0.05) is 24.5 Å². The average molecular weight is 382 g/mol. The number of benzene rings is 2. The van der Waals surface area contributed by atoms with E-state index in [4.69, 9.17) is 14.9 Å². The number of rotatable bonds is 5. The van der Waals surface area contributed by atoms with Gasteiger partial charge < -0.3 is 14.9 Å². The Balaban J connectivity index is 1.51. The highest BCUT2D eigenvalue weighted by Gasteiger charge is 2.13. The van der Waals surface area contributed by atoms with Gasteiger partial charge in [0.2, 0.25) is 0 Å². The van der Waals surface area contributed by atoms with Gasteiger partial charge >= 0.3 is 0 Å². The van der Waals surface area contributed by atoms with Crippen LogP contribution in [0.15, 0.2) is 77.5 Å². The molecular weight excluding hydrogens is 364 g/mol. The standard InChI is InChI=1S/C23H18N4O2/c24-14-17-7-9-19(10-8-17)16-28-21-6-2-1-5-20(21)23-27-26-22(29-23)12-11-18-4-3-13-25-15-18/h1-10,13,15H,14,16,24H2. The highest BCUT2D eigenvalue weighted by molar-refractivity contribution is 5.62. The van der Waals surface area contributed by atoms with Crippen LogP contribution in [0.3, 0.4) is 0 Å². The van der Waals surface area contributed by atoms with E-state index in [1.165, 1.54) is 0 Å². The van der Waals surface area contributed by atoms with Crippen molar-refractivity contribution in [1.29, 1.82) is 0 Å². The molecule has 4 rings (SSSR count). The van der Waals surface area contributed by atoms with Crippen molar-refractivity contribution in [1.82, 2.24) is 15.2 Å². The molecule has 6 nitrogen and oxygen atoms in total. The molecule has 2 aromatic carbocycles. The van der Waals surface area contributed by atoms with Crippen LogP contribution in [0.5, 0.6) is 5.75 Å². The smallest absolute Gasteiger partial charge is 0.294 e. The van der Waals surface area contributed by atoms with Crippen molar-refractivity contribution >= 4 is 0 Å². The first kappa shape index (κ1) is 18.4. The van der Waals surface area contributed by atoms with Gasteiger partial charge in [-0.05, 0) is 41.3 Å². The van der Waals surface area contributed by atoms with E-state index in [-0.39, 0.29) is 5.89 Å². The topological polar surface area (TPSA) is 87.1 Å². The fourth-order valence-electron chi connectivity index (χ4n) is 2.65. The van der Waals surface area contributed by atoms with Crippen LogP contribution in [0.4, 0.5) is 0 Å². The summed E-state index contributed by atoms with van der Waals surface area (Å²) in [5, 5.41) is 8.12. The van der Waals surface area contributed by atoms with Crippen molar-refractivity contribution < 1.29 is 9.15 Å². The first-order chi connectivity index (χ1) is 14.3. The van der Waals surface area contributed by atoms with Crippen LogP contribution < -0.4 is 10.5 Å². The summed E-state index contributed by atoms with van der Waals surface area (Å²) in [6.07, 6.45) is 3.37. The highest BCUT2D eigenvalue weighted by Crippen LogP contribution is 2.29. The number of nitrogens with zero attached hydrogens (tertiary/aromatic N) is 3. The number of aromatic nitrogens is 3. The van der Waals surface area contributed by atoms with E-state index in [0.29, 0.717) is 30.4 Å². The molecule has 142 valence electrons. The van der Waals surface area contributed by atoms with E-state index in [1.807, 2.05) is 60.7 Å². The van der Waals surface area contributed by atoms with Crippen LogP contribution in [0, 0.1) is 11.8 Å². The quantitative estimate of drug-likeness (QED) is 0.531. The van der Waals surface area contributed by atoms with Crippen LogP contribution in [-0.2, 0) is 13.2 Å². The van der Waals surface area contributed by atoms with E-state index < -0.39 is 0 Å². The fraction of sp³-hybridized carbons (Fsp3) is 0.0870. The van der Waals surface area contributed by atoms with Gasteiger partial charge in [-0.15, -0.1) is 5.10 Å². The molecular formula is C23H18N4O2. The molecule has 0 atom stereocenters. The number of nitrogens with two attached hydrogens (primary N) is 1. The third-order valence-electron chi connectivity index (χ3n) is 4.17. The van der Waals surface area contributed by atoms with E-state index in [2.05, 4.69) is 27.0 Å². The summed E-state index contributed by atoms with van der Waals surface area (Å²) in [4.78, 5) is 4.02. The molecule has 2 N–H and O–H groups in total. The van der Waals surface area contributed by atoms with Gasteiger partial charge in [0.15, 0.2) is 0 Å². The van der Waals surface area contributed by atoms with Crippen molar-refractivity contribution in [2.24, 2.45) is 5.73 Å². The first-order valence-corrected chi connectivity index (χ1v) is 9.07. The largest absolute Gasteiger partial charge is 0.488 e. The van der Waals surface area contributed by atoms with Crippen LogP contribution >= 0.6 is 0 Å². The molecule has 0 unspecified atom stereocenters. The maximum atomic E-state index is 5.99. The second-order valence-corrected chi connectivity index (χ2v) is 6.21. The van der Waals surface area contributed by atoms with Gasteiger partial charge in [0.1, 0.15) is 12.4 Å². The fourth-order valence-corrected chi connectivity index (χ4v) is 2.65. The van der Waals surface area contributed by atoms with Gasteiger partial charge in [-0.25, -0.2) is 0 Å². The molecule has 0 amide bonds. The van der Waals surface area contributed by atoms with E-state index in [0.717, 1.165) is 16.7 Å². The summed E-state index contributed by atoms with van der Waals surface area (Å²) in [5.74, 6) is 7.05. The molecule has 0 fully saturated rings. The summed E-state index contributed by atoms with van der Waals surface area (Å²) < 4.78 is 11.7. The van der Waals surface area contributed by atoms with Crippen molar-refractivity contribution in [3.63, 3.8) is 0 Å². The molecule has 0 aliphatic rings. The van der Waals surface area contributed by atoms with Crippen molar-refractivity contribution in [3.05, 3.63) is 95.6 Å². The maximum Gasteiger partial charge on any atom is 0.294 e. The Kier molecular flexibility index (Phi) is 5.60. The van der Waals surface area contributed by atoms with Gasteiger partial charge in [-0.3, -0.25) is 4.98 Å². The average Bonchev–Trinajstić information content (AvgIpc) is 3.26. The monoisotopic (exact) mass is 382 g/mol. The maximum absolute atomic E-state index is 5.99. The summed E-state index contributed by atoms with van der Waals surface area (Å²) in [7, 11) is 0. The van der Waals surface area contributed by atoms with Crippen molar-refractivity contribution in [2.75, 3.05) is 0 Å². The van der Waals surface area contributed by atoms with Crippen LogP contribution in [0.1, 0.15) is 22.6 Å². The lowest BCUT2D eigenvalue weighted by Gasteiger charge is -2.09. The zero-order valence-corrected chi connectivity index (χ0v) is 15.6. The Morgan fingerprint density at radius 3 is 2.52 bits per heavy atom. The van der Waals surface area contributed by atoms with E-state index in [1.54, 1.807) is 12.4 Å². The lowest BCUT2D eigenvalue weighted by atomic mass is 10.1. The van der Waals surface area contributed by atoms with Crippen molar-refractivity contribution in [2.45, 2.75) is 13.2 Å². The van der Waals surface area contributed by atoms with Gasteiger partial charge in [0.25, 0.3) is 11.8 Å². The minimum Gasteiger partial charge on any atom is -0.488 e. The number of para-hydroxylation sites is 1. The third kappa shape index (κ3) is 4.67. The number of hydrogen-bond donors (Lipinski definition) is 1. The van der Waals surface area contributed by atoms with Gasteiger partial charge in [-0.2, -0.15) is 0 Å². The lowest BCUT2D eigenvalue weighted by Crippen LogP contribution is -1.99.